The molecule has 0 radical (unpaired) electrons. The van der Waals surface area contributed by atoms with Crippen LogP contribution in [0.15, 0.2) is 30.3 Å². The van der Waals surface area contributed by atoms with E-state index in [1.54, 1.807) is 6.07 Å². The number of benzene rings is 2. The van der Waals surface area contributed by atoms with Crippen LogP contribution in [-0.4, -0.2) is 10.2 Å². The minimum Gasteiger partial charge on any atom is -0.508 e. The zero-order valence-electron chi connectivity index (χ0n) is 17.8. The van der Waals surface area contributed by atoms with Crippen LogP contribution in [0.25, 0.3) is 11.1 Å². The molecule has 0 amide bonds. The van der Waals surface area contributed by atoms with E-state index in [2.05, 4.69) is 62.3 Å². The Labute approximate surface area is 158 Å². The summed E-state index contributed by atoms with van der Waals surface area (Å²) in [5, 5.41) is 20.5. The van der Waals surface area contributed by atoms with Crippen molar-refractivity contribution in [2.45, 2.75) is 78.6 Å². The lowest BCUT2D eigenvalue weighted by atomic mass is 9.71. The van der Waals surface area contributed by atoms with Gasteiger partial charge >= 0.3 is 0 Å². The van der Waals surface area contributed by atoms with Crippen molar-refractivity contribution in [1.29, 1.82) is 0 Å². The fourth-order valence-electron chi connectivity index (χ4n) is 3.47. The lowest BCUT2D eigenvalue weighted by Crippen LogP contribution is -2.21. The molecule has 0 saturated carbocycles. The van der Waals surface area contributed by atoms with E-state index >= 15 is 0 Å². The molecule has 0 bridgehead atoms. The highest BCUT2D eigenvalue weighted by Gasteiger charge is 2.30. The zero-order chi connectivity index (χ0) is 20.1. The van der Waals surface area contributed by atoms with Crippen LogP contribution in [0.5, 0.6) is 11.5 Å². The number of phenolic OH excluding ortho intramolecular Hbond substituents is 2. The molecule has 142 valence electrons. The van der Waals surface area contributed by atoms with Gasteiger partial charge in [0, 0.05) is 0 Å². The molecule has 0 aromatic heterocycles. The fraction of sp³-hybridized carbons (Fsp3) is 0.500. The molecule has 0 saturated heterocycles. The monoisotopic (exact) mass is 354 g/mol. The molecule has 2 rings (SSSR count). The molecule has 2 aromatic rings. The van der Waals surface area contributed by atoms with E-state index in [1.165, 1.54) is 5.56 Å². The Morgan fingerprint density at radius 2 is 0.923 bits per heavy atom. The first-order chi connectivity index (χ1) is 11.6. The van der Waals surface area contributed by atoms with Gasteiger partial charge in [-0.05, 0) is 68.3 Å². The van der Waals surface area contributed by atoms with E-state index in [0.717, 1.165) is 22.3 Å². The highest BCUT2D eigenvalue weighted by molar-refractivity contribution is 5.78. The molecular weight excluding hydrogens is 320 g/mol. The molecule has 26 heavy (non-hydrogen) atoms. The summed E-state index contributed by atoms with van der Waals surface area (Å²) < 4.78 is 0. The maximum Gasteiger partial charge on any atom is 0.116 e. The van der Waals surface area contributed by atoms with Gasteiger partial charge < -0.3 is 10.2 Å². The second-order valence-electron chi connectivity index (χ2n) is 10.4. The standard InChI is InChI=1S/C24H34O2/c1-22(2,3)18-12-15(25)10-11-17(18)21-19(23(4,5)6)13-16(26)14-20(21)24(7,8)9/h10-14,25-26H,1-9H3. The SMILES string of the molecule is CC(C)(C)c1cc(O)ccc1-c1c(C(C)(C)C)cc(O)cc1C(C)(C)C. The Morgan fingerprint density at radius 3 is 1.31 bits per heavy atom. The van der Waals surface area contributed by atoms with E-state index < -0.39 is 0 Å². The third-order valence-corrected chi connectivity index (χ3v) is 4.82. The Bertz CT molecular complexity index is 775. The van der Waals surface area contributed by atoms with Crippen molar-refractivity contribution in [3.63, 3.8) is 0 Å². The largest absolute Gasteiger partial charge is 0.508 e. The van der Waals surface area contributed by atoms with E-state index in [4.69, 9.17) is 0 Å². The smallest absolute Gasteiger partial charge is 0.116 e. The van der Waals surface area contributed by atoms with Crippen LogP contribution in [0.3, 0.4) is 0 Å². The zero-order valence-corrected chi connectivity index (χ0v) is 17.8. The number of phenols is 2. The lowest BCUT2D eigenvalue weighted by molar-refractivity contribution is 0.465. The highest BCUT2D eigenvalue weighted by atomic mass is 16.3. The van der Waals surface area contributed by atoms with Crippen LogP contribution < -0.4 is 0 Å². The highest BCUT2D eigenvalue weighted by Crippen LogP contribution is 2.46. The van der Waals surface area contributed by atoms with Crippen LogP contribution in [-0.2, 0) is 16.2 Å². The summed E-state index contributed by atoms with van der Waals surface area (Å²) in [6, 6.07) is 9.44. The van der Waals surface area contributed by atoms with E-state index in [0.29, 0.717) is 5.75 Å². The number of rotatable bonds is 1. The molecule has 2 aromatic carbocycles. The first kappa shape index (κ1) is 20.4. The number of aromatic hydroxyl groups is 2. The molecule has 0 fully saturated rings. The first-order valence-electron chi connectivity index (χ1n) is 9.34. The van der Waals surface area contributed by atoms with E-state index in [9.17, 15) is 10.2 Å². The van der Waals surface area contributed by atoms with Crippen molar-refractivity contribution in [3.05, 3.63) is 47.0 Å². The predicted octanol–water partition coefficient (Wildman–Crippen LogP) is 6.66. The summed E-state index contributed by atoms with van der Waals surface area (Å²) in [6.45, 7) is 19.6. The third kappa shape index (κ3) is 4.06. The van der Waals surface area contributed by atoms with Gasteiger partial charge in [-0.3, -0.25) is 0 Å². The fourth-order valence-corrected chi connectivity index (χ4v) is 3.47. The first-order valence-corrected chi connectivity index (χ1v) is 9.34. The van der Waals surface area contributed by atoms with Crippen molar-refractivity contribution in [2.24, 2.45) is 0 Å². The molecule has 0 aliphatic rings. The molecule has 2 N–H and O–H groups in total. The molecular formula is C24H34O2. The molecule has 0 atom stereocenters. The van der Waals surface area contributed by atoms with Crippen LogP contribution >= 0.6 is 0 Å². The van der Waals surface area contributed by atoms with Gasteiger partial charge in [0.1, 0.15) is 11.5 Å². The van der Waals surface area contributed by atoms with Gasteiger partial charge in [-0.2, -0.15) is 0 Å². The topological polar surface area (TPSA) is 40.5 Å². The minimum absolute atomic E-state index is 0.115. The normalized spacial score (nSPS) is 13.1. The van der Waals surface area contributed by atoms with Gasteiger partial charge in [-0.25, -0.2) is 0 Å². The second kappa shape index (κ2) is 6.33. The van der Waals surface area contributed by atoms with Crippen LogP contribution in [0.2, 0.25) is 0 Å². The quantitative estimate of drug-likeness (QED) is 0.601. The Hall–Kier alpha value is -1.96. The van der Waals surface area contributed by atoms with Crippen molar-refractivity contribution in [3.8, 4) is 22.6 Å². The summed E-state index contributed by atoms with van der Waals surface area (Å²) in [6.07, 6.45) is 0. The predicted molar refractivity (Wildman–Crippen MR) is 111 cm³/mol. The Balaban J connectivity index is 3.03. The summed E-state index contributed by atoms with van der Waals surface area (Å²) in [5.41, 5.74) is 5.30. The van der Waals surface area contributed by atoms with Gasteiger partial charge in [0.05, 0.1) is 0 Å². The Morgan fingerprint density at radius 1 is 0.538 bits per heavy atom. The maximum absolute atomic E-state index is 10.4. The molecule has 2 heteroatoms. The Kier molecular flexibility index (Phi) is 4.96. The minimum atomic E-state index is -0.124. The summed E-state index contributed by atoms with van der Waals surface area (Å²) in [5.74, 6) is 0.590. The average Bonchev–Trinajstić information content (AvgIpc) is 2.44. The molecule has 0 spiro atoms. The van der Waals surface area contributed by atoms with Crippen molar-refractivity contribution in [1.82, 2.24) is 0 Å². The molecule has 2 nitrogen and oxygen atoms in total. The van der Waals surface area contributed by atoms with Crippen LogP contribution in [0.1, 0.15) is 79.0 Å². The van der Waals surface area contributed by atoms with Gasteiger partial charge in [-0.15, -0.1) is 0 Å². The summed E-state index contributed by atoms with van der Waals surface area (Å²) >= 11 is 0. The molecule has 0 heterocycles. The van der Waals surface area contributed by atoms with Crippen molar-refractivity contribution < 1.29 is 10.2 Å². The van der Waals surface area contributed by atoms with Crippen LogP contribution in [0, 0.1) is 0 Å². The van der Waals surface area contributed by atoms with Gasteiger partial charge in [0.2, 0.25) is 0 Å². The van der Waals surface area contributed by atoms with Crippen molar-refractivity contribution >= 4 is 0 Å². The second-order valence-corrected chi connectivity index (χ2v) is 10.4. The molecule has 0 aliphatic heterocycles. The van der Waals surface area contributed by atoms with E-state index in [1.807, 2.05) is 24.3 Å². The number of hydrogen-bond donors (Lipinski definition) is 2. The van der Waals surface area contributed by atoms with Gasteiger partial charge in [0.15, 0.2) is 0 Å². The summed E-state index contributed by atoms with van der Waals surface area (Å²) in [4.78, 5) is 0. The van der Waals surface area contributed by atoms with Gasteiger partial charge in [-0.1, -0.05) is 68.4 Å². The third-order valence-electron chi connectivity index (χ3n) is 4.82. The average molecular weight is 355 g/mol. The molecule has 0 unspecified atom stereocenters. The van der Waals surface area contributed by atoms with E-state index in [-0.39, 0.29) is 22.0 Å². The lowest BCUT2D eigenvalue weighted by Gasteiger charge is -2.33. The maximum atomic E-state index is 10.4. The molecule has 0 aliphatic carbocycles. The van der Waals surface area contributed by atoms with Crippen molar-refractivity contribution in [2.75, 3.05) is 0 Å². The number of hydrogen-bond acceptors (Lipinski definition) is 2. The van der Waals surface area contributed by atoms with Gasteiger partial charge in [0.25, 0.3) is 0 Å². The summed E-state index contributed by atoms with van der Waals surface area (Å²) in [7, 11) is 0. The van der Waals surface area contributed by atoms with Crippen LogP contribution in [0.4, 0.5) is 0 Å².